The number of methoxy groups -OCH3 is 1. The molecular weight excluding hydrogens is 416 g/mol. The van der Waals surface area contributed by atoms with E-state index in [1.54, 1.807) is 13.3 Å². The summed E-state index contributed by atoms with van der Waals surface area (Å²) in [4.78, 5) is 21.8. The van der Waals surface area contributed by atoms with Crippen LogP contribution >= 0.6 is 0 Å². The van der Waals surface area contributed by atoms with Crippen LogP contribution in [-0.4, -0.2) is 34.2 Å². The van der Waals surface area contributed by atoms with E-state index in [0.717, 1.165) is 39.6 Å². The predicted molar refractivity (Wildman–Crippen MR) is 127 cm³/mol. The average Bonchev–Trinajstić information content (AvgIpc) is 3.19. The van der Waals surface area contributed by atoms with Gasteiger partial charge in [0.2, 0.25) is 5.91 Å². The Morgan fingerprint density at radius 1 is 1.03 bits per heavy atom. The number of benzene rings is 2. The number of nitrogens with one attached hydrogen (secondary N) is 1. The molecule has 2 aromatic carbocycles. The van der Waals surface area contributed by atoms with Crippen LogP contribution < -0.4 is 14.8 Å². The number of rotatable bonds is 10. The molecule has 1 amide bonds. The smallest absolute Gasteiger partial charge is 0.220 e. The number of hydrogen-bond acceptors (Lipinski definition) is 5. The van der Waals surface area contributed by atoms with Gasteiger partial charge in [-0.15, -0.1) is 0 Å². The molecule has 1 N–H and O–H groups in total. The molecule has 7 nitrogen and oxygen atoms in total. The molecule has 7 heteroatoms. The number of fused-ring (bicyclic) bond motifs is 1. The first-order valence-electron chi connectivity index (χ1n) is 11.1. The zero-order valence-electron chi connectivity index (χ0n) is 19.0. The molecule has 0 unspecified atom stereocenters. The van der Waals surface area contributed by atoms with Crippen molar-refractivity contribution in [3.63, 3.8) is 0 Å². The second-order valence-electron chi connectivity index (χ2n) is 7.67. The number of carbonyl (C=O) groups excluding carboxylic acids is 1. The number of aryl methyl sites for hydroxylation is 1. The van der Waals surface area contributed by atoms with Gasteiger partial charge in [-0.1, -0.05) is 24.3 Å². The monoisotopic (exact) mass is 444 g/mol. The number of amides is 1. The molecule has 33 heavy (non-hydrogen) atoms. The summed E-state index contributed by atoms with van der Waals surface area (Å²) < 4.78 is 12.9. The summed E-state index contributed by atoms with van der Waals surface area (Å²) >= 11 is 0. The van der Waals surface area contributed by atoms with Crippen LogP contribution in [0.1, 0.15) is 30.3 Å². The number of aromatic nitrogens is 3. The molecule has 4 rings (SSSR count). The quantitative estimate of drug-likeness (QED) is 0.398. The molecule has 0 atom stereocenters. The summed E-state index contributed by atoms with van der Waals surface area (Å²) in [6.45, 7) is 3.65. The molecule has 0 radical (unpaired) electrons. The Kier molecular flexibility index (Phi) is 7.19. The van der Waals surface area contributed by atoms with Crippen molar-refractivity contribution in [2.24, 2.45) is 0 Å². The van der Waals surface area contributed by atoms with Gasteiger partial charge in [-0.3, -0.25) is 4.79 Å². The van der Waals surface area contributed by atoms with E-state index in [1.165, 1.54) is 0 Å². The number of ether oxygens (including phenoxy) is 2. The van der Waals surface area contributed by atoms with E-state index >= 15 is 0 Å². The van der Waals surface area contributed by atoms with Gasteiger partial charge in [0.05, 0.1) is 20.3 Å². The molecule has 0 aliphatic heterocycles. The topological polar surface area (TPSA) is 78.3 Å². The van der Waals surface area contributed by atoms with Gasteiger partial charge in [-0.25, -0.2) is 9.97 Å². The van der Waals surface area contributed by atoms with E-state index in [-0.39, 0.29) is 5.91 Å². The lowest BCUT2D eigenvalue weighted by Gasteiger charge is -2.10. The maximum absolute atomic E-state index is 12.5. The highest BCUT2D eigenvalue weighted by molar-refractivity contribution is 5.76. The summed E-state index contributed by atoms with van der Waals surface area (Å²) in [5.74, 6) is 2.45. The highest BCUT2D eigenvalue weighted by Crippen LogP contribution is 2.19. The molecule has 0 saturated carbocycles. The highest BCUT2D eigenvalue weighted by Gasteiger charge is 2.14. The first kappa shape index (κ1) is 22.3. The zero-order valence-corrected chi connectivity index (χ0v) is 19.0. The van der Waals surface area contributed by atoms with Crippen LogP contribution in [0.3, 0.4) is 0 Å². The zero-order chi connectivity index (χ0) is 23.0. The molecule has 0 aliphatic rings. The van der Waals surface area contributed by atoms with Crippen molar-refractivity contribution in [2.75, 3.05) is 13.7 Å². The molecule has 0 bridgehead atoms. The third-order valence-corrected chi connectivity index (χ3v) is 5.36. The van der Waals surface area contributed by atoms with Gasteiger partial charge in [0.15, 0.2) is 5.65 Å². The van der Waals surface area contributed by atoms with E-state index in [0.29, 0.717) is 32.5 Å². The lowest BCUT2D eigenvalue weighted by atomic mass is 10.2. The number of carbonyl (C=O) groups is 1. The van der Waals surface area contributed by atoms with Crippen molar-refractivity contribution in [2.45, 2.75) is 32.9 Å². The number of pyridine rings is 1. The van der Waals surface area contributed by atoms with E-state index in [2.05, 4.69) is 14.9 Å². The number of nitrogens with zero attached hydrogens (tertiary/aromatic N) is 3. The fourth-order valence-corrected chi connectivity index (χ4v) is 3.70. The van der Waals surface area contributed by atoms with Crippen molar-refractivity contribution >= 4 is 17.1 Å². The lowest BCUT2D eigenvalue weighted by molar-refractivity contribution is -0.121. The van der Waals surface area contributed by atoms with Crippen LogP contribution in [-0.2, 0) is 24.3 Å². The maximum atomic E-state index is 12.5. The second kappa shape index (κ2) is 10.6. The summed E-state index contributed by atoms with van der Waals surface area (Å²) in [6, 6.07) is 19.5. The van der Waals surface area contributed by atoms with Gasteiger partial charge >= 0.3 is 0 Å². The van der Waals surface area contributed by atoms with Crippen molar-refractivity contribution in [1.29, 1.82) is 0 Å². The third kappa shape index (κ3) is 5.68. The molecule has 0 saturated heterocycles. The Hall–Kier alpha value is -3.87. The van der Waals surface area contributed by atoms with Crippen molar-refractivity contribution in [3.8, 4) is 11.5 Å². The van der Waals surface area contributed by atoms with Crippen molar-refractivity contribution in [3.05, 3.63) is 83.8 Å². The fraction of sp³-hybridized carbons (Fsp3) is 0.269. The Morgan fingerprint density at radius 3 is 2.67 bits per heavy atom. The largest absolute Gasteiger partial charge is 0.497 e. The highest BCUT2D eigenvalue weighted by atomic mass is 16.5. The minimum Gasteiger partial charge on any atom is -0.497 e. The first-order valence-corrected chi connectivity index (χ1v) is 11.1. The van der Waals surface area contributed by atoms with Gasteiger partial charge in [0.1, 0.15) is 22.8 Å². The summed E-state index contributed by atoms with van der Waals surface area (Å²) in [7, 11) is 1.65. The third-order valence-electron chi connectivity index (χ3n) is 5.36. The predicted octanol–water partition coefficient (Wildman–Crippen LogP) is 4.14. The summed E-state index contributed by atoms with van der Waals surface area (Å²) in [5.41, 5.74) is 3.76. The maximum Gasteiger partial charge on any atom is 0.220 e. The number of hydrogen-bond donors (Lipinski definition) is 1. The van der Waals surface area contributed by atoms with Crippen LogP contribution in [0.15, 0.2) is 66.9 Å². The van der Waals surface area contributed by atoms with E-state index in [4.69, 9.17) is 14.5 Å². The van der Waals surface area contributed by atoms with Gasteiger partial charge in [-0.05, 0) is 54.4 Å². The second-order valence-corrected chi connectivity index (χ2v) is 7.67. The summed E-state index contributed by atoms with van der Waals surface area (Å²) in [5, 5.41) is 2.99. The van der Waals surface area contributed by atoms with Crippen LogP contribution in [0.2, 0.25) is 0 Å². The Balaban J connectivity index is 1.43. The lowest BCUT2D eigenvalue weighted by Crippen LogP contribution is -2.23. The molecule has 4 aromatic rings. The van der Waals surface area contributed by atoms with Crippen LogP contribution in [0, 0.1) is 0 Å². The Bertz CT molecular complexity index is 1220. The minimum absolute atomic E-state index is 0.0205. The molecule has 0 fully saturated rings. The van der Waals surface area contributed by atoms with Gasteiger partial charge in [0, 0.05) is 25.6 Å². The van der Waals surface area contributed by atoms with E-state index < -0.39 is 0 Å². The van der Waals surface area contributed by atoms with Gasteiger partial charge in [-0.2, -0.15) is 0 Å². The first-order chi connectivity index (χ1) is 16.2. The molecule has 2 aromatic heterocycles. The fourth-order valence-electron chi connectivity index (χ4n) is 3.70. The van der Waals surface area contributed by atoms with Crippen LogP contribution in [0.4, 0.5) is 0 Å². The normalized spacial score (nSPS) is 10.8. The van der Waals surface area contributed by atoms with Crippen LogP contribution in [0.5, 0.6) is 11.5 Å². The Morgan fingerprint density at radius 2 is 1.88 bits per heavy atom. The summed E-state index contributed by atoms with van der Waals surface area (Å²) in [6.07, 6.45) is 2.63. The van der Waals surface area contributed by atoms with Gasteiger partial charge < -0.3 is 19.4 Å². The number of imidazole rings is 1. The molecule has 2 heterocycles. The average molecular weight is 445 g/mol. The van der Waals surface area contributed by atoms with Crippen molar-refractivity contribution in [1.82, 2.24) is 19.9 Å². The van der Waals surface area contributed by atoms with Crippen molar-refractivity contribution < 1.29 is 14.3 Å². The van der Waals surface area contributed by atoms with Crippen LogP contribution in [0.25, 0.3) is 11.2 Å². The molecule has 0 spiro atoms. The molecule has 0 aliphatic carbocycles. The van der Waals surface area contributed by atoms with Gasteiger partial charge in [0.25, 0.3) is 0 Å². The standard InChI is InChI=1S/C26H28N4O3/c1-3-33-22-7-4-6-20(16-22)17-28-25(31)14-13-24-29-23-8-5-15-27-26(23)30(24)18-19-9-11-21(32-2)12-10-19/h4-12,15-16H,3,13-14,17-18H2,1-2H3,(H,28,31). The Labute approximate surface area is 193 Å². The van der Waals surface area contributed by atoms with E-state index in [1.807, 2.05) is 67.6 Å². The molecule has 170 valence electrons. The SMILES string of the molecule is CCOc1cccc(CNC(=O)CCc2nc3cccnc3n2Cc2ccc(OC)cc2)c1. The van der Waals surface area contributed by atoms with E-state index in [9.17, 15) is 4.79 Å². The minimum atomic E-state index is -0.0205. The molecular formula is C26H28N4O3.